The van der Waals surface area contributed by atoms with E-state index in [0.717, 1.165) is 30.5 Å². The van der Waals surface area contributed by atoms with Crippen LogP contribution in [0.4, 0.5) is 5.69 Å². The zero-order chi connectivity index (χ0) is 33.1. The Morgan fingerprint density at radius 2 is 1.70 bits per heavy atom. The molecule has 2 amide bonds. The average Bonchev–Trinajstić information content (AvgIpc) is 3.27. The summed E-state index contributed by atoms with van der Waals surface area (Å²) in [5, 5.41) is 5.73. The first-order valence-corrected chi connectivity index (χ1v) is 17.4. The largest absolute Gasteiger partial charge is 0.467 e. The maximum atomic E-state index is 13.1. The van der Waals surface area contributed by atoms with E-state index in [0.29, 0.717) is 37.2 Å². The first-order chi connectivity index (χ1) is 22.0. The van der Waals surface area contributed by atoms with E-state index in [-0.39, 0.29) is 42.9 Å². The van der Waals surface area contributed by atoms with Crippen LogP contribution in [0.5, 0.6) is 0 Å². The molecule has 6 rings (SSSR count). The van der Waals surface area contributed by atoms with Crippen molar-refractivity contribution in [3.63, 3.8) is 0 Å². The molecule has 256 valence electrons. The van der Waals surface area contributed by atoms with Crippen molar-refractivity contribution in [2.75, 3.05) is 36.9 Å². The molecule has 13 heteroatoms. The highest BCUT2D eigenvalue weighted by molar-refractivity contribution is 6.18. The van der Waals surface area contributed by atoms with E-state index >= 15 is 0 Å². The van der Waals surface area contributed by atoms with Gasteiger partial charge in [-0.1, -0.05) is 26.0 Å². The van der Waals surface area contributed by atoms with Crippen molar-refractivity contribution in [1.29, 1.82) is 0 Å². The van der Waals surface area contributed by atoms with Crippen molar-refractivity contribution in [1.82, 2.24) is 10.6 Å². The number of rotatable bonds is 13. The summed E-state index contributed by atoms with van der Waals surface area (Å²) in [6.45, 7) is 7.49. The number of ether oxygens (including phenoxy) is 3. The van der Waals surface area contributed by atoms with Crippen LogP contribution in [0.15, 0.2) is 24.3 Å². The number of nitrogens with one attached hydrogen (secondary N) is 2. The Morgan fingerprint density at radius 3 is 2.37 bits per heavy atom. The lowest BCUT2D eigenvalue weighted by atomic mass is 9.58. The van der Waals surface area contributed by atoms with Crippen LogP contribution in [-0.2, 0) is 44.8 Å². The molecule has 1 saturated carbocycles. The molecule has 9 atom stereocenters. The van der Waals surface area contributed by atoms with E-state index in [1.807, 2.05) is 31.2 Å². The molecule has 5 fully saturated rings. The number of carbonyl (C=O) groups excluding carboxylic acids is 3. The van der Waals surface area contributed by atoms with Crippen LogP contribution in [0, 0.1) is 23.7 Å². The predicted octanol–water partition coefficient (Wildman–Crippen LogP) is 4.28. The van der Waals surface area contributed by atoms with Gasteiger partial charge in [-0.25, -0.2) is 14.6 Å². The number of amides is 2. The minimum Gasteiger partial charge on any atom is -0.467 e. The van der Waals surface area contributed by atoms with Gasteiger partial charge in [-0.2, -0.15) is 0 Å². The molecule has 2 N–H and O–H groups in total. The standard InChI is InChI=1S/C33H47Cl2N3O8/c1-20-5-10-25-21(2)29(43-31-33(25)24(20)13-14-32(3,44-31)45-46-33)37-28(40)12-11-27(39)36-26(30(41)42-4)19-22-6-8-23(9-7-22)38(17-15-34)18-16-35/h6-9,20-21,24-26,29,31H,5,10-19H2,1-4H3,(H,36,39)(H,37,40)/t20-,21-,24+,25+,26+,29-,31-,32-,33-/m1/s1. The van der Waals surface area contributed by atoms with E-state index in [1.54, 1.807) is 0 Å². The van der Waals surface area contributed by atoms with Gasteiger partial charge in [-0.3, -0.25) is 9.59 Å². The Hall–Kier alpha value is -2.15. The third-order valence-corrected chi connectivity index (χ3v) is 10.6. The van der Waals surface area contributed by atoms with Crippen LogP contribution in [0.1, 0.15) is 64.9 Å². The van der Waals surface area contributed by atoms with Gasteiger partial charge in [0.25, 0.3) is 0 Å². The number of anilines is 1. The van der Waals surface area contributed by atoms with Crippen LogP contribution in [0.25, 0.3) is 0 Å². The molecule has 0 unspecified atom stereocenters. The van der Waals surface area contributed by atoms with Gasteiger partial charge < -0.3 is 29.7 Å². The number of fused-ring (bicyclic) bond motifs is 2. The van der Waals surface area contributed by atoms with Gasteiger partial charge in [0.15, 0.2) is 11.9 Å². The molecular formula is C33H47Cl2N3O8. The van der Waals surface area contributed by atoms with Gasteiger partial charge in [0.05, 0.1) is 7.11 Å². The first-order valence-electron chi connectivity index (χ1n) is 16.4. The lowest BCUT2D eigenvalue weighted by molar-refractivity contribution is -0.571. The third kappa shape index (κ3) is 7.29. The first kappa shape index (κ1) is 35.2. The number of carbonyl (C=O) groups is 3. The number of benzene rings is 1. The van der Waals surface area contributed by atoms with Crippen molar-refractivity contribution < 1.29 is 38.4 Å². The minimum atomic E-state index is -0.905. The highest BCUT2D eigenvalue weighted by atomic mass is 35.5. The number of alkyl halides is 2. The molecule has 4 aliphatic heterocycles. The number of nitrogens with zero attached hydrogens (tertiary/aromatic N) is 1. The molecule has 0 radical (unpaired) electrons. The SMILES string of the molecule is COC(=O)[C@H](Cc1ccc(N(CCCl)CCCl)cc1)NC(=O)CCC(=O)N[C@@H]1O[C@@H]2O[C@@]3(C)CC[C@H]4[C@H](C)CC[C@@H]([C@H]1C)[C@@]24OO3. The fraction of sp³-hybridized carbons (Fsp3) is 0.727. The van der Waals surface area contributed by atoms with Gasteiger partial charge >= 0.3 is 5.97 Å². The predicted molar refractivity (Wildman–Crippen MR) is 172 cm³/mol. The molecule has 1 aromatic rings. The minimum absolute atomic E-state index is 0.0641. The van der Waals surface area contributed by atoms with Crippen LogP contribution in [-0.4, -0.2) is 79.7 Å². The van der Waals surface area contributed by atoms with Crippen molar-refractivity contribution in [3.05, 3.63) is 29.8 Å². The molecule has 0 aromatic heterocycles. The van der Waals surface area contributed by atoms with E-state index in [9.17, 15) is 14.4 Å². The fourth-order valence-electron chi connectivity index (χ4n) is 7.78. The summed E-state index contributed by atoms with van der Waals surface area (Å²) >= 11 is 11.9. The molecule has 4 saturated heterocycles. The highest BCUT2D eigenvalue weighted by Crippen LogP contribution is 2.60. The van der Waals surface area contributed by atoms with Gasteiger partial charge in [0.1, 0.15) is 12.3 Å². The summed E-state index contributed by atoms with van der Waals surface area (Å²) in [5.74, 6) is -0.609. The van der Waals surface area contributed by atoms with Gasteiger partial charge in [-0.05, 0) is 55.7 Å². The van der Waals surface area contributed by atoms with Gasteiger partial charge in [0.2, 0.25) is 17.6 Å². The Labute approximate surface area is 281 Å². The van der Waals surface area contributed by atoms with Crippen molar-refractivity contribution in [3.8, 4) is 0 Å². The number of hydrogen-bond acceptors (Lipinski definition) is 9. The van der Waals surface area contributed by atoms with Crippen LogP contribution in [0.2, 0.25) is 0 Å². The molecule has 1 spiro atoms. The summed E-state index contributed by atoms with van der Waals surface area (Å²) in [7, 11) is 1.28. The number of esters is 1. The summed E-state index contributed by atoms with van der Waals surface area (Å²) in [6.07, 6.45) is 2.38. The molecule has 46 heavy (non-hydrogen) atoms. The van der Waals surface area contributed by atoms with Gasteiger partial charge in [-0.15, -0.1) is 23.2 Å². The summed E-state index contributed by atoms with van der Waals surface area (Å²) in [4.78, 5) is 52.7. The highest BCUT2D eigenvalue weighted by Gasteiger charge is 2.69. The van der Waals surface area contributed by atoms with E-state index in [4.69, 9.17) is 47.2 Å². The lowest BCUT2D eigenvalue weighted by Gasteiger charge is -2.60. The second kappa shape index (κ2) is 15.0. The van der Waals surface area contributed by atoms with Crippen molar-refractivity contribution in [2.45, 2.75) is 95.7 Å². The summed E-state index contributed by atoms with van der Waals surface area (Å²) in [6, 6.07) is 6.76. The summed E-state index contributed by atoms with van der Waals surface area (Å²) in [5.41, 5.74) is 1.09. The van der Waals surface area contributed by atoms with E-state index in [2.05, 4.69) is 29.4 Å². The smallest absolute Gasteiger partial charge is 0.328 e. The molecule has 1 aromatic carbocycles. The number of halogens is 2. The van der Waals surface area contributed by atoms with Crippen molar-refractivity contribution in [2.24, 2.45) is 23.7 Å². The maximum absolute atomic E-state index is 13.1. The molecule has 2 bridgehead atoms. The maximum Gasteiger partial charge on any atom is 0.328 e. The van der Waals surface area contributed by atoms with Crippen LogP contribution in [0.3, 0.4) is 0 Å². The Bertz CT molecular complexity index is 1230. The topological polar surface area (TPSA) is 125 Å². The fourth-order valence-corrected chi connectivity index (χ4v) is 8.19. The Kier molecular flexibility index (Phi) is 11.4. The molecule has 11 nitrogen and oxygen atoms in total. The van der Waals surface area contributed by atoms with E-state index < -0.39 is 41.8 Å². The third-order valence-electron chi connectivity index (χ3n) is 10.3. The van der Waals surface area contributed by atoms with Crippen molar-refractivity contribution >= 4 is 46.7 Å². The quantitative estimate of drug-likeness (QED) is 0.178. The normalized spacial score (nSPS) is 33.7. The monoisotopic (exact) mass is 683 g/mol. The Morgan fingerprint density at radius 1 is 1.00 bits per heavy atom. The zero-order valence-corrected chi connectivity index (χ0v) is 28.6. The second-order valence-corrected chi connectivity index (χ2v) is 14.0. The van der Waals surface area contributed by atoms with E-state index in [1.165, 1.54) is 7.11 Å². The van der Waals surface area contributed by atoms with Gasteiger partial charge in [0, 0.05) is 68.1 Å². The number of hydrogen-bond donors (Lipinski definition) is 2. The number of methoxy groups -OCH3 is 1. The molecule has 1 aliphatic carbocycles. The summed E-state index contributed by atoms with van der Waals surface area (Å²) < 4.78 is 17.7. The zero-order valence-electron chi connectivity index (χ0n) is 27.1. The Balaban J connectivity index is 1.16. The molecule has 4 heterocycles. The average molecular weight is 685 g/mol. The molecular weight excluding hydrogens is 637 g/mol. The lowest BCUT2D eigenvalue weighted by Crippen LogP contribution is -2.71. The van der Waals surface area contributed by atoms with Crippen LogP contribution < -0.4 is 15.5 Å². The van der Waals surface area contributed by atoms with Crippen LogP contribution >= 0.6 is 23.2 Å². The second-order valence-electron chi connectivity index (χ2n) is 13.3. The molecule has 5 aliphatic rings.